The fraction of sp³-hybridized carbons (Fsp3) is 0.214. The number of hydrogen-bond acceptors (Lipinski definition) is 3. The Balaban J connectivity index is 2.21. The Labute approximate surface area is 116 Å². The SMILES string of the molecule is CC(C)c1nc(/C=C/c2cccc(N)c2)sc1Cl. The maximum atomic E-state index is 6.15. The van der Waals surface area contributed by atoms with Gasteiger partial charge in [-0.25, -0.2) is 4.98 Å². The second kappa shape index (κ2) is 5.55. The summed E-state index contributed by atoms with van der Waals surface area (Å²) in [6, 6.07) is 7.73. The maximum absolute atomic E-state index is 6.15. The lowest BCUT2D eigenvalue weighted by molar-refractivity contribution is 0.832. The minimum atomic E-state index is 0.350. The highest BCUT2D eigenvalue weighted by atomic mass is 35.5. The summed E-state index contributed by atoms with van der Waals surface area (Å²) < 4.78 is 0.775. The molecule has 0 saturated heterocycles. The van der Waals surface area contributed by atoms with Gasteiger partial charge in [0.15, 0.2) is 0 Å². The molecule has 0 amide bonds. The summed E-state index contributed by atoms with van der Waals surface area (Å²) in [5, 5.41) is 0.922. The standard InChI is InChI=1S/C14H15ClN2S/c1-9(2)13-14(15)18-12(17-13)7-6-10-4-3-5-11(16)8-10/h3-9H,16H2,1-2H3/b7-6+. The largest absolute Gasteiger partial charge is 0.399 e. The fourth-order valence-electron chi connectivity index (χ4n) is 1.59. The molecular weight excluding hydrogens is 264 g/mol. The second-order valence-electron chi connectivity index (χ2n) is 4.37. The first-order valence-corrected chi connectivity index (χ1v) is 6.95. The van der Waals surface area contributed by atoms with E-state index in [0.29, 0.717) is 5.92 Å². The van der Waals surface area contributed by atoms with Crippen LogP contribution in [0.25, 0.3) is 12.2 Å². The number of halogens is 1. The molecular formula is C14H15ClN2S. The van der Waals surface area contributed by atoms with Gasteiger partial charge in [-0.1, -0.05) is 43.7 Å². The van der Waals surface area contributed by atoms with Crippen LogP contribution in [0, 0.1) is 0 Å². The minimum absolute atomic E-state index is 0.350. The number of aromatic nitrogens is 1. The summed E-state index contributed by atoms with van der Waals surface area (Å²) in [6.45, 7) is 4.18. The van der Waals surface area contributed by atoms with Crippen LogP contribution in [0.2, 0.25) is 4.34 Å². The van der Waals surface area contributed by atoms with E-state index >= 15 is 0 Å². The van der Waals surface area contributed by atoms with Crippen LogP contribution in [0.5, 0.6) is 0 Å². The van der Waals surface area contributed by atoms with E-state index in [2.05, 4.69) is 18.8 Å². The molecule has 0 unspecified atom stereocenters. The van der Waals surface area contributed by atoms with E-state index < -0.39 is 0 Å². The topological polar surface area (TPSA) is 38.9 Å². The molecule has 0 atom stereocenters. The van der Waals surface area contributed by atoms with Crippen molar-refractivity contribution in [2.45, 2.75) is 19.8 Å². The van der Waals surface area contributed by atoms with Gasteiger partial charge in [0.1, 0.15) is 9.34 Å². The normalized spacial score (nSPS) is 11.6. The van der Waals surface area contributed by atoms with E-state index in [1.807, 2.05) is 36.4 Å². The Morgan fingerprint density at radius 1 is 1.33 bits per heavy atom. The van der Waals surface area contributed by atoms with Crippen LogP contribution in [0.15, 0.2) is 24.3 Å². The van der Waals surface area contributed by atoms with Crippen LogP contribution < -0.4 is 5.73 Å². The zero-order chi connectivity index (χ0) is 13.1. The van der Waals surface area contributed by atoms with Gasteiger partial charge in [0.25, 0.3) is 0 Å². The van der Waals surface area contributed by atoms with Gasteiger partial charge < -0.3 is 5.73 Å². The highest BCUT2D eigenvalue weighted by molar-refractivity contribution is 7.16. The number of thiazole rings is 1. The van der Waals surface area contributed by atoms with Crippen molar-refractivity contribution in [3.05, 3.63) is 44.9 Å². The number of nitrogen functional groups attached to an aromatic ring is 1. The maximum Gasteiger partial charge on any atom is 0.117 e. The van der Waals surface area contributed by atoms with Gasteiger partial charge in [0.05, 0.1) is 5.69 Å². The zero-order valence-corrected chi connectivity index (χ0v) is 11.9. The van der Waals surface area contributed by atoms with Crippen molar-refractivity contribution in [1.82, 2.24) is 4.98 Å². The number of rotatable bonds is 3. The lowest BCUT2D eigenvalue weighted by Gasteiger charge is -1.98. The highest BCUT2D eigenvalue weighted by Crippen LogP contribution is 2.30. The van der Waals surface area contributed by atoms with Crippen LogP contribution in [-0.4, -0.2) is 4.98 Å². The summed E-state index contributed by atoms with van der Waals surface area (Å²) in [5.74, 6) is 0.350. The first-order valence-electron chi connectivity index (χ1n) is 5.76. The lowest BCUT2D eigenvalue weighted by atomic mass is 10.2. The van der Waals surface area contributed by atoms with Crippen LogP contribution >= 0.6 is 22.9 Å². The van der Waals surface area contributed by atoms with Crippen LogP contribution in [0.3, 0.4) is 0 Å². The summed E-state index contributed by atoms with van der Waals surface area (Å²) in [7, 11) is 0. The van der Waals surface area contributed by atoms with Gasteiger partial charge in [-0.3, -0.25) is 0 Å². The number of benzene rings is 1. The molecule has 0 aliphatic rings. The third kappa shape index (κ3) is 3.12. The smallest absolute Gasteiger partial charge is 0.117 e. The molecule has 2 nitrogen and oxygen atoms in total. The molecule has 1 aromatic heterocycles. The van der Waals surface area contributed by atoms with Gasteiger partial charge in [-0.15, -0.1) is 11.3 Å². The highest BCUT2D eigenvalue weighted by Gasteiger charge is 2.10. The fourth-order valence-corrected chi connectivity index (χ4v) is 2.93. The molecule has 18 heavy (non-hydrogen) atoms. The summed E-state index contributed by atoms with van der Waals surface area (Å²) in [6.07, 6.45) is 3.97. The predicted molar refractivity (Wildman–Crippen MR) is 81.0 cm³/mol. The molecule has 0 saturated carbocycles. The van der Waals surface area contributed by atoms with Crippen molar-refractivity contribution in [2.75, 3.05) is 5.73 Å². The molecule has 0 radical (unpaired) electrons. The monoisotopic (exact) mass is 278 g/mol. The van der Waals surface area contributed by atoms with Gasteiger partial charge in [-0.05, 0) is 29.7 Å². The van der Waals surface area contributed by atoms with E-state index in [1.54, 1.807) is 0 Å². The van der Waals surface area contributed by atoms with Crippen molar-refractivity contribution in [3.63, 3.8) is 0 Å². The third-order valence-corrected chi connectivity index (χ3v) is 3.75. The molecule has 2 aromatic rings. The Kier molecular flexibility index (Phi) is 4.04. The Morgan fingerprint density at radius 3 is 2.72 bits per heavy atom. The van der Waals surface area contributed by atoms with Crippen LogP contribution in [0.4, 0.5) is 5.69 Å². The van der Waals surface area contributed by atoms with Gasteiger partial charge in [0, 0.05) is 5.69 Å². The second-order valence-corrected chi connectivity index (χ2v) is 6.00. The quantitative estimate of drug-likeness (QED) is 0.829. The molecule has 0 aliphatic carbocycles. The number of nitrogens with zero attached hydrogens (tertiary/aromatic N) is 1. The molecule has 2 rings (SSSR count). The molecule has 94 valence electrons. The number of anilines is 1. The Morgan fingerprint density at radius 2 is 2.11 bits per heavy atom. The molecule has 2 N–H and O–H groups in total. The van der Waals surface area contributed by atoms with Crippen LogP contribution in [-0.2, 0) is 0 Å². The Hall–Kier alpha value is -1.32. The average Bonchev–Trinajstić information content (AvgIpc) is 2.68. The summed E-state index contributed by atoms with van der Waals surface area (Å²) in [4.78, 5) is 4.52. The van der Waals surface area contributed by atoms with Crippen molar-refractivity contribution in [2.24, 2.45) is 0 Å². The van der Waals surface area contributed by atoms with Crippen molar-refractivity contribution < 1.29 is 0 Å². The molecule has 0 spiro atoms. The van der Waals surface area contributed by atoms with Gasteiger partial charge >= 0.3 is 0 Å². The van der Waals surface area contributed by atoms with Gasteiger partial charge in [0.2, 0.25) is 0 Å². The molecule has 0 aliphatic heterocycles. The van der Waals surface area contributed by atoms with Crippen molar-refractivity contribution in [1.29, 1.82) is 0 Å². The van der Waals surface area contributed by atoms with Crippen molar-refractivity contribution in [3.8, 4) is 0 Å². The van der Waals surface area contributed by atoms with Gasteiger partial charge in [-0.2, -0.15) is 0 Å². The number of hydrogen-bond donors (Lipinski definition) is 1. The summed E-state index contributed by atoms with van der Waals surface area (Å²) >= 11 is 7.65. The zero-order valence-electron chi connectivity index (χ0n) is 10.4. The van der Waals surface area contributed by atoms with Crippen LogP contribution in [0.1, 0.15) is 36.0 Å². The van der Waals surface area contributed by atoms with E-state index in [-0.39, 0.29) is 0 Å². The Bertz CT molecular complexity index is 573. The van der Waals surface area contributed by atoms with Crippen molar-refractivity contribution >= 4 is 40.8 Å². The van der Waals surface area contributed by atoms with E-state index in [4.69, 9.17) is 17.3 Å². The average molecular weight is 279 g/mol. The number of nitrogens with two attached hydrogens (primary N) is 1. The van der Waals surface area contributed by atoms with E-state index in [1.165, 1.54) is 11.3 Å². The van der Waals surface area contributed by atoms with E-state index in [0.717, 1.165) is 26.3 Å². The molecule has 0 fully saturated rings. The first kappa shape index (κ1) is 13.1. The lowest BCUT2D eigenvalue weighted by Crippen LogP contribution is -1.87. The molecule has 1 heterocycles. The predicted octanol–water partition coefficient (Wildman–Crippen LogP) is 4.67. The molecule has 4 heteroatoms. The molecule has 1 aromatic carbocycles. The molecule has 0 bridgehead atoms. The third-order valence-electron chi connectivity index (χ3n) is 2.50. The minimum Gasteiger partial charge on any atom is -0.399 e. The first-order chi connectivity index (χ1) is 8.56. The summed E-state index contributed by atoms with van der Waals surface area (Å²) in [5.41, 5.74) is 8.52. The van der Waals surface area contributed by atoms with E-state index in [9.17, 15) is 0 Å².